The summed E-state index contributed by atoms with van der Waals surface area (Å²) in [6.45, 7) is 0.248. The van der Waals surface area contributed by atoms with Crippen LogP contribution in [0.3, 0.4) is 0 Å². The molecule has 7 nitrogen and oxygen atoms in total. The van der Waals surface area contributed by atoms with Crippen LogP contribution in [0.1, 0.15) is 40.9 Å². The summed E-state index contributed by atoms with van der Waals surface area (Å²) < 4.78 is 20.9. The zero-order valence-corrected chi connectivity index (χ0v) is 23.7. The quantitative estimate of drug-likeness (QED) is 0.247. The van der Waals surface area contributed by atoms with Crippen LogP contribution in [0.5, 0.6) is 5.75 Å². The number of hydrogen-bond donors (Lipinski definition) is 1. The van der Waals surface area contributed by atoms with Gasteiger partial charge in [-0.3, -0.25) is 9.78 Å². The molecule has 5 rings (SSSR count). The van der Waals surface area contributed by atoms with Crippen molar-refractivity contribution in [3.05, 3.63) is 82.2 Å². The van der Waals surface area contributed by atoms with Crippen LogP contribution in [0, 0.1) is 5.82 Å². The molecule has 2 aromatic heterocycles. The third-order valence-electron chi connectivity index (χ3n) is 7.65. The van der Waals surface area contributed by atoms with E-state index in [0.717, 1.165) is 16.7 Å². The van der Waals surface area contributed by atoms with Crippen LogP contribution in [0.15, 0.2) is 60.9 Å². The number of benzene rings is 2. The molecule has 0 unspecified atom stereocenters. The smallest absolute Gasteiger partial charge is 0.407 e. The average Bonchev–Trinajstić information content (AvgIpc) is 3.32. The molecule has 0 aliphatic heterocycles. The van der Waals surface area contributed by atoms with Crippen molar-refractivity contribution in [3.63, 3.8) is 0 Å². The third kappa shape index (κ3) is 5.48. The molecule has 1 saturated carbocycles. The Bertz CT molecular complexity index is 1540. The summed E-state index contributed by atoms with van der Waals surface area (Å²) in [7, 11) is 3.17. The number of halogens is 2. The Morgan fingerprint density at radius 2 is 1.77 bits per heavy atom. The average molecular weight is 582 g/mol. The third-order valence-corrected chi connectivity index (χ3v) is 9.29. The van der Waals surface area contributed by atoms with Crippen molar-refractivity contribution < 1.29 is 23.8 Å². The number of nitrogens with zero attached hydrogens (tertiary/aromatic N) is 3. The number of amides is 2. The molecule has 1 fully saturated rings. The lowest BCUT2D eigenvalue weighted by Gasteiger charge is -2.39. The van der Waals surface area contributed by atoms with Gasteiger partial charge in [-0.15, -0.1) is 11.3 Å². The zero-order valence-electron chi connectivity index (χ0n) is 22.1. The van der Waals surface area contributed by atoms with Gasteiger partial charge in [0.05, 0.1) is 12.1 Å². The number of hydrogen-bond acceptors (Lipinski definition) is 5. The number of rotatable bonds is 7. The monoisotopic (exact) mass is 581 g/mol. The molecule has 2 heterocycles. The lowest BCUT2D eigenvalue weighted by molar-refractivity contribution is 0.0555. The summed E-state index contributed by atoms with van der Waals surface area (Å²) in [4.78, 5) is 33.2. The summed E-state index contributed by atoms with van der Waals surface area (Å²) in [5, 5.41) is 9.81. The maximum Gasteiger partial charge on any atom is 0.407 e. The molecule has 0 atom stereocenters. The van der Waals surface area contributed by atoms with Crippen molar-refractivity contribution in [3.8, 4) is 16.9 Å². The van der Waals surface area contributed by atoms with Crippen LogP contribution in [0.2, 0.25) is 5.02 Å². The summed E-state index contributed by atoms with van der Waals surface area (Å²) >= 11 is 7.81. The summed E-state index contributed by atoms with van der Waals surface area (Å²) in [5.41, 5.74) is 2.76. The van der Waals surface area contributed by atoms with E-state index in [1.54, 1.807) is 43.6 Å². The predicted octanol–water partition coefficient (Wildman–Crippen LogP) is 7.33. The molecule has 0 radical (unpaired) electrons. The van der Waals surface area contributed by atoms with Crippen molar-refractivity contribution in [2.24, 2.45) is 0 Å². The fourth-order valence-corrected chi connectivity index (χ4v) is 6.94. The highest BCUT2D eigenvalue weighted by Gasteiger charge is 2.34. The maximum absolute atomic E-state index is 14.6. The largest absolute Gasteiger partial charge is 0.496 e. The normalized spacial score (nSPS) is 17.0. The molecule has 2 amide bonds. The molecular weight excluding hydrogens is 553 g/mol. The molecule has 1 aliphatic carbocycles. The first-order valence-corrected chi connectivity index (χ1v) is 14.2. The number of carboxylic acid groups (broad SMARTS) is 1. The topological polar surface area (TPSA) is 83.0 Å². The summed E-state index contributed by atoms with van der Waals surface area (Å²) in [5.74, 6) is -0.103. The molecule has 40 heavy (non-hydrogen) atoms. The number of thiophene rings is 1. The van der Waals surface area contributed by atoms with Gasteiger partial charge in [-0.2, -0.15) is 0 Å². The minimum atomic E-state index is -0.965. The fraction of sp³-hybridized carbons (Fsp3) is 0.300. The number of carbonyl (C=O) groups is 2. The summed E-state index contributed by atoms with van der Waals surface area (Å²) in [6.07, 6.45) is 4.98. The highest BCUT2D eigenvalue weighted by molar-refractivity contribution is 7.21. The van der Waals surface area contributed by atoms with Crippen molar-refractivity contribution >= 4 is 45.0 Å². The number of carbonyl (C=O) groups excluding carboxylic acids is 1. The van der Waals surface area contributed by atoms with Gasteiger partial charge >= 0.3 is 6.09 Å². The number of pyridine rings is 1. The van der Waals surface area contributed by atoms with E-state index in [9.17, 15) is 19.1 Å². The molecule has 1 N–H and O–H groups in total. The fourth-order valence-electron chi connectivity index (χ4n) is 5.43. The minimum absolute atomic E-state index is 0.114. The van der Waals surface area contributed by atoms with Crippen LogP contribution in [0.4, 0.5) is 9.18 Å². The molecule has 4 aromatic rings. The molecule has 0 bridgehead atoms. The van der Waals surface area contributed by atoms with Gasteiger partial charge in [-0.25, -0.2) is 9.18 Å². The minimum Gasteiger partial charge on any atom is -0.496 e. The Hall–Kier alpha value is -3.69. The van der Waals surface area contributed by atoms with E-state index in [4.69, 9.17) is 16.3 Å². The standard InChI is InChI=1S/C30H29ClFN3O4S/c1-34(30(37)38)21-7-9-22(10-8-21)35(29(36)28-27(31)26-23(32)4-3-5-25(26)40-28)17-20-16-19(6-11-24(20)39-2)18-12-14-33-15-13-18/h3-6,11-16,21-22H,7-10,17H2,1-2H3,(H,37,38). The van der Waals surface area contributed by atoms with Gasteiger partial charge in [0.1, 0.15) is 16.4 Å². The molecule has 1 aliphatic rings. The van der Waals surface area contributed by atoms with E-state index >= 15 is 0 Å². The van der Waals surface area contributed by atoms with Gasteiger partial charge in [0, 0.05) is 53.7 Å². The molecular formula is C30H29ClFN3O4S. The van der Waals surface area contributed by atoms with Crippen molar-refractivity contribution in [2.75, 3.05) is 14.2 Å². The Kier molecular flexibility index (Phi) is 8.23. The Morgan fingerprint density at radius 3 is 2.42 bits per heavy atom. The molecule has 10 heteroatoms. The second-order valence-corrected chi connectivity index (χ2v) is 11.3. The van der Waals surface area contributed by atoms with Gasteiger partial charge in [0.2, 0.25) is 0 Å². The first-order chi connectivity index (χ1) is 19.3. The second-order valence-electron chi connectivity index (χ2n) is 9.91. The first-order valence-electron chi connectivity index (χ1n) is 13.0. The van der Waals surface area contributed by atoms with E-state index in [-0.39, 0.29) is 39.8 Å². The molecule has 2 aromatic carbocycles. The van der Waals surface area contributed by atoms with Crippen LogP contribution >= 0.6 is 22.9 Å². The van der Waals surface area contributed by atoms with Gasteiger partial charge in [-0.05, 0) is 73.2 Å². The van der Waals surface area contributed by atoms with Crippen LogP contribution in [-0.2, 0) is 6.54 Å². The Balaban J connectivity index is 1.52. The van der Waals surface area contributed by atoms with Crippen molar-refractivity contribution in [1.29, 1.82) is 0 Å². The van der Waals surface area contributed by atoms with E-state index in [1.165, 1.54) is 22.3 Å². The van der Waals surface area contributed by atoms with Crippen LogP contribution in [-0.4, -0.2) is 58.1 Å². The van der Waals surface area contributed by atoms with Gasteiger partial charge in [-0.1, -0.05) is 23.7 Å². The van der Waals surface area contributed by atoms with Crippen LogP contribution < -0.4 is 4.74 Å². The van der Waals surface area contributed by atoms with Crippen LogP contribution in [0.25, 0.3) is 21.2 Å². The molecule has 0 spiro atoms. The predicted molar refractivity (Wildman–Crippen MR) is 155 cm³/mol. The Labute approximate surface area is 240 Å². The van der Waals surface area contributed by atoms with Gasteiger partial charge < -0.3 is 19.6 Å². The van der Waals surface area contributed by atoms with Gasteiger partial charge in [0.15, 0.2) is 0 Å². The number of aromatic nitrogens is 1. The van der Waals surface area contributed by atoms with Crippen molar-refractivity contribution in [1.82, 2.24) is 14.8 Å². The van der Waals surface area contributed by atoms with E-state index in [0.29, 0.717) is 36.1 Å². The highest BCUT2D eigenvalue weighted by Crippen LogP contribution is 2.39. The summed E-state index contributed by atoms with van der Waals surface area (Å²) in [6, 6.07) is 14.1. The van der Waals surface area contributed by atoms with Crippen molar-refractivity contribution in [2.45, 2.75) is 44.3 Å². The molecule has 0 saturated heterocycles. The number of fused-ring (bicyclic) bond motifs is 1. The van der Waals surface area contributed by atoms with Gasteiger partial charge in [0.25, 0.3) is 5.91 Å². The lowest BCUT2D eigenvalue weighted by Crippen LogP contribution is -2.46. The number of methoxy groups -OCH3 is 1. The van der Waals surface area contributed by atoms with E-state index in [1.807, 2.05) is 30.3 Å². The van der Waals surface area contributed by atoms with E-state index in [2.05, 4.69) is 4.98 Å². The highest BCUT2D eigenvalue weighted by atomic mass is 35.5. The first kappa shape index (κ1) is 27.9. The number of ether oxygens (including phenoxy) is 1. The zero-order chi connectivity index (χ0) is 28.4. The lowest BCUT2D eigenvalue weighted by atomic mass is 9.89. The maximum atomic E-state index is 14.6. The molecule has 208 valence electrons. The van der Waals surface area contributed by atoms with E-state index < -0.39 is 11.9 Å². The Morgan fingerprint density at radius 1 is 1.07 bits per heavy atom. The SMILES string of the molecule is COc1ccc(-c2ccncc2)cc1CN(C(=O)c1sc2cccc(F)c2c1Cl)C1CCC(N(C)C(=O)O)CC1. The second kappa shape index (κ2) is 11.8.